The summed E-state index contributed by atoms with van der Waals surface area (Å²) >= 11 is 0. The van der Waals surface area contributed by atoms with Gasteiger partial charge in [-0.2, -0.15) is 0 Å². The lowest BCUT2D eigenvalue weighted by atomic mass is 10.0. The minimum Gasteiger partial charge on any atom is -0.399 e. The first kappa shape index (κ1) is 9.63. The van der Waals surface area contributed by atoms with Crippen LogP contribution in [-0.4, -0.2) is 6.54 Å². The highest BCUT2D eigenvalue weighted by atomic mass is 14.5. The predicted molar refractivity (Wildman–Crippen MR) is 56.3 cm³/mol. The molecular formula is C11H14N2. The number of nitrogen functional groups attached to an aromatic ring is 1. The average Bonchev–Trinajstić information content (AvgIpc) is 2.02. The fourth-order valence-corrected chi connectivity index (χ4v) is 1.33. The van der Waals surface area contributed by atoms with Crippen LogP contribution in [0.1, 0.15) is 16.7 Å². The van der Waals surface area contributed by atoms with E-state index in [-0.39, 0.29) is 0 Å². The number of nitrogens with two attached hydrogens (primary N) is 2. The zero-order valence-electron chi connectivity index (χ0n) is 8.02. The van der Waals surface area contributed by atoms with E-state index in [4.69, 9.17) is 11.5 Å². The van der Waals surface area contributed by atoms with E-state index in [1.54, 1.807) is 0 Å². The molecule has 0 bridgehead atoms. The van der Waals surface area contributed by atoms with Gasteiger partial charge in [-0.15, -0.1) is 0 Å². The van der Waals surface area contributed by atoms with Crippen LogP contribution in [0.2, 0.25) is 0 Å². The molecule has 1 aromatic rings. The van der Waals surface area contributed by atoms with Crippen molar-refractivity contribution in [2.24, 2.45) is 5.73 Å². The molecule has 0 aliphatic carbocycles. The second-order valence-electron chi connectivity index (χ2n) is 3.04. The number of hydrogen-bond donors (Lipinski definition) is 2. The summed E-state index contributed by atoms with van der Waals surface area (Å²) in [4.78, 5) is 0. The van der Waals surface area contributed by atoms with E-state index in [1.807, 2.05) is 26.0 Å². The Morgan fingerprint density at radius 3 is 2.23 bits per heavy atom. The minimum absolute atomic E-state index is 0.392. The molecule has 0 atom stereocenters. The summed E-state index contributed by atoms with van der Waals surface area (Å²) in [5, 5.41) is 0. The molecule has 0 aliphatic rings. The number of rotatable bonds is 0. The quantitative estimate of drug-likeness (QED) is 0.458. The summed E-state index contributed by atoms with van der Waals surface area (Å²) in [6, 6.07) is 3.85. The van der Waals surface area contributed by atoms with Gasteiger partial charge in [-0.1, -0.05) is 11.8 Å². The third-order valence-corrected chi connectivity index (χ3v) is 1.87. The van der Waals surface area contributed by atoms with E-state index in [9.17, 15) is 0 Å². The molecule has 1 aromatic carbocycles. The number of anilines is 1. The monoisotopic (exact) mass is 174 g/mol. The molecule has 0 heterocycles. The van der Waals surface area contributed by atoms with Gasteiger partial charge in [0.2, 0.25) is 0 Å². The molecule has 0 saturated heterocycles. The lowest BCUT2D eigenvalue weighted by Gasteiger charge is -2.04. The molecule has 68 valence electrons. The summed E-state index contributed by atoms with van der Waals surface area (Å²) in [6.07, 6.45) is 0. The van der Waals surface area contributed by atoms with Crippen molar-refractivity contribution in [3.63, 3.8) is 0 Å². The molecule has 0 aromatic heterocycles. The first-order valence-corrected chi connectivity index (χ1v) is 4.21. The van der Waals surface area contributed by atoms with Gasteiger partial charge in [0.15, 0.2) is 0 Å². The van der Waals surface area contributed by atoms with Gasteiger partial charge in [0, 0.05) is 11.3 Å². The van der Waals surface area contributed by atoms with Crippen LogP contribution < -0.4 is 11.5 Å². The van der Waals surface area contributed by atoms with E-state index in [0.29, 0.717) is 6.54 Å². The van der Waals surface area contributed by atoms with Gasteiger partial charge >= 0.3 is 0 Å². The molecular weight excluding hydrogens is 160 g/mol. The van der Waals surface area contributed by atoms with Gasteiger partial charge in [-0.3, -0.25) is 0 Å². The van der Waals surface area contributed by atoms with Gasteiger partial charge in [0.05, 0.1) is 6.54 Å². The van der Waals surface area contributed by atoms with Gasteiger partial charge in [0.1, 0.15) is 0 Å². The van der Waals surface area contributed by atoms with Gasteiger partial charge in [0.25, 0.3) is 0 Å². The molecule has 0 saturated carbocycles. The van der Waals surface area contributed by atoms with Crippen molar-refractivity contribution in [1.29, 1.82) is 0 Å². The first-order chi connectivity index (χ1) is 6.15. The van der Waals surface area contributed by atoms with Crippen molar-refractivity contribution < 1.29 is 0 Å². The summed E-state index contributed by atoms with van der Waals surface area (Å²) in [6.45, 7) is 4.40. The van der Waals surface area contributed by atoms with Crippen molar-refractivity contribution in [2.75, 3.05) is 12.3 Å². The fourth-order valence-electron chi connectivity index (χ4n) is 1.33. The second-order valence-corrected chi connectivity index (χ2v) is 3.04. The number of aryl methyl sites for hydroxylation is 2. The third-order valence-electron chi connectivity index (χ3n) is 1.87. The predicted octanol–water partition coefficient (Wildman–Crippen LogP) is 1.20. The Balaban J connectivity index is 3.21. The lowest BCUT2D eigenvalue weighted by molar-refractivity contribution is 1.29. The van der Waals surface area contributed by atoms with Gasteiger partial charge in [-0.25, -0.2) is 0 Å². The number of benzene rings is 1. The molecule has 0 spiro atoms. The van der Waals surface area contributed by atoms with Gasteiger partial charge in [-0.05, 0) is 37.1 Å². The molecule has 13 heavy (non-hydrogen) atoms. The summed E-state index contributed by atoms with van der Waals surface area (Å²) in [7, 11) is 0. The van der Waals surface area contributed by atoms with Crippen LogP contribution in [0.4, 0.5) is 5.69 Å². The molecule has 4 N–H and O–H groups in total. The second kappa shape index (κ2) is 3.97. The maximum Gasteiger partial charge on any atom is 0.0555 e. The lowest BCUT2D eigenvalue weighted by Crippen LogP contribution is -1.96. The van der Waals surface area contributed by atoms with Crippen molar-refractivity contribution in [1.82, 2.24) is 0 Å². The van der Waals surface area contributed by atoms with Crippen LogP contribution in [0.5, 0.6) is 0 Å². The first-order valence-electron chi connectivity index (χ1n) is 4.21. The van der Waals surface area contributed by atoms with Crippen molar-refractivity contribution >= 4 is 5.69 Å². The smallest absolute Gasteiger partial charge is 0.0555 e. The Bertz CT molecular complexity index is 346. The Kier molecular flexibility index (Phi) is 2.94. The molecule has 0 amide bonds. The Hall–Kier alpha value is -1.46. The van der Waals surface area contributed by atoms with Crippen LogP contribution in [0.15, 0.2) is 12.1 Å². The SMILES string of the molecule is Cc1cc(N)cc(C)c1C#CCN. The standard InChI is InChI=1S/C11H14N2/c1-8-6-10(13)7-9(2)11(8)4-3-5-12/h6-7H,5,12-13H2,1-2H3. The van der Waals surface area contributed by atoms with Crippen molar-refractivity contribution in [3.8, 4) is 11.8 Å². The fraction of sp³-hybridized carbons (Fsp3) is 0.273. The molecule has 2 heteroatoms. The molecule has 0 unspecified atom stereocenters. The number of hydrogen-bond acceptors (Lipinski definition) is 2. The molecule has 2 nitrogen and oxygen atoms in total. The third kappa shape index (κ3) is 2.24. The average molecular weight is 174 g/mol. The highest BCUT2D eigenvalue weighted by molar-refractivity contribution is 5.54. The minimum atomic E-state index is 0.392. The maximum atomic E-state index is 5.68. The Morgan fingerprint density at radius 1 is 1.23 bits per heavy atom. The van der Waals surface area contributed by atoms with E-state index in [1.165, 1.54) is 0 Å². The van der Waals surface area contributed by atoms with Crippen LogP contribution in [0.25, 0.3) is 0 Å². The highest BCUT2D eigenvalue weighted by Crippen LogP contribution is 2.16. The topological polar surface area (TPSA) is 52.0 Å². The Labute approximate surface area is 78.9 Å². The normalized spacial score (nSPS) is 9.15. The maximum absolute atomic E-state index is 5.68. The zero-order chi connectivity index (χ0) is 9.84. The van der Waals surface area contributed by atoms with Crippen molar-refractivity contribution in [2.45, 2.75) is 13.8 Å². The molecule has 0 aliphatic heterocycles. The van der Waals surface area contributed by atoms with Crippen molar-refractivity contribution in [3.05, 3.63) is 28.8 Å². The van der Waals surface area contributed by atoms with E-state index < -0.39 is 0 Å². The van der Waals surface area contributed by atoms with Crippen LogP contribution in [-0.2, 0) is 0 Å². The zero-order valence-corrected chi connectivity index (χ0v) is 8.02. The van der Waals surface area contributed by atoms with E-state index >= 15 is 0 Å². The largest absolute Gasteiger partial charge is 0.399 e. The van der Waals surface area contributed by atoms with E-state index in [2.05, 4.69) is 11.8 Å². The van der Waals surface area contributed by atoms with Crippen LogP contribution >= 0.6 is 0 Å². The van der Waals surface area contributed by atoms with Crippen LogP contribution in [0, 0.1) is 25.7 Å². The highest BCUT2D eigenvalue weighted by Gasteiger charge is 1.99. The van der Waals surface area contributed by atoms with E-state index in [0.717, 1.165) is 22.4 Å². The van der Waals surface area contributed by atoms with Gasteiger partial charge < -0.3 is 11.5 Å². The summed E-state index contributed by atoms with van der Waals surface area (Å²) < 4.78 is 0. The molecule has 1 rings (SSSR count). The summed E-state index contributed by atoms with van der Waals surface area (Å²) in [5.41, 5.74) is 15.0. The molecule has 0 fully saturated rings. The summed E-state index contributed by atoms with van der Waals surface area (Å²) in [5.74, 6) is 5.88. The molecule has 0 radical (unpaired) electrons. The Morgan fingerprint density at radius 2 is 1.77 bits per heavy atom. The van der Waals surface area contributed by atoms with Crippen LogP contribution in [0.3, 0.4) is 0 Å².